The molecule has 21 heavy (non-hydrogen) atoms. The molecule has 2 rings (SSSR count). The molecule has 0 bridgehead atoms. The summed E-state index contributed by atoms with van der Waals surface area (Å²) in [4.78, 5) is 38.5. The number of aromatic amines is 2. The standard InChI is InChI=1S/C14H21N3O4/c18-11(7-10-8-12(19)17-13(20)16-10)15-9-14(21)5-3-1-2-4-6-14/h8,21H,1-7,9H2,(H,15,18)(H2,16,17,19,20). The first-order valence-corrected chi connectivity index (χ1v) is 7.28. The van der Waals surface area contributed by atoms with Crippen LogP contribution in [0.1, 0.15) is 44.2 Å². The first-order chi connectivity index (χ1) is 9.97. The van der Waals surface area contributed by atoms with Gasteiger partial charge in [-0.25, -0.2) is 4.79 Å². The third kappa shape index (κ3) is 4.86. The van der Waals surface area contributed by atoms with E-state index < -0.39 is 16.9 Å². The molecule has 0 unspecified atom stereocenters. The van der Waals surface area contributed by atoms with Crippen LogP contribution < -0.4 is 16.6 Å². The Morgan fingerprint density at radius 1 is 1.19 bits per heavy atom. The van der Waals surface area contributed by atoms with E-state index in [1.54, 1.807) is 0 Å². The van der Waals surface area contributed by atoms with E-state index in [-0.39, 0.29) is 24.6 Å². The molecular weight excluding hydrogens is 274 g/mol. The van der Waals surface area contributed by atoms with Crippen molar-refractivity contribution in [2.45, 2.75) is 50.5 Å². The molecule has 1 heterocycles. The molecule has 0 radical (unpaired) electrons. The minimum atomic E-state index is -0.840. The van der Waals surface area contributed by atoms with Gasteiger partial charge >= 0.3 is 5.69 Å². The molecule has 0 spiro atoms. The van der Waals surface area contributed by atoms with E-state index in [9.17, 15) is 19.5 Å². The average Bonchev–Trinajstić information content (AvgIpc) is 2.61. The first kappa shape index (κ1) is 15.5. The second-order valence-corrected chi connectivity index (χ2v) is 5.71. The quantitative estimate of drug-likeness (QED) is 0.576. The van der Waals surface area contributed by atoms with E-state index in [0.29, 0.717) is 12.8 Å². The van der Waals surface area contributed by atoms with Crippen molar-refractivity contribution >= 4 is 5.91 Å². The number of aromatic nitrogens is 2. The topological polar surface area (TPSA) is 115 Å². The number of nitrogens with one attached hydrogen (secondary N) is 3. The Hall–Kier alpha value is -1.89. The highest BCUT2D eigenvalue weighted by Gasteiger charge is 2.28. The highest BCUT2D eigenvalue weighted by atomic mass is 16.3. The lowest BCUT2D eigenvalue weighted by atomic mass is 9.94. The lowest BCUT2D eigenvalue weighted by molar-refractivity contribution is -0.121. The molecule has 7 heteroatoms. The number of H-pyrrole nitrogens is 2. The van der Waals surface area contributed by atoms with Gasteiger partial charge in [-0.2, -0.15) is 0 Å². The van der Waals surface area contributed by atoms with Gasteiger partial charge in [-0.05, 0) is 12.8 Å². The Bertz CT molecular complexity index is 568. The van der Waals surface area contributed by atoms with Crippen LogP contribution in [0.15, 0.2) is 15.7 Å². The third-order valence-corrected chi connectivity index (χ3v) is 3.82. The summed E-state index contributed by atoms with van der Waals surface area (Å²) in [5, 5.41) is 13.1. The van der Waals surface area contributed by atoms with Crippen molar-refractivity contribution in [1.82, 2.24) is 15.3 Å². The second kappa shape index (κ2) is 6.71. The Morgan fingerprint density at radius 3 is 2.48 bits per heavy atom. The third-order valence-electron chi connectivity index (χ3n) is 3.82. The minimum Gasteiger partial charge on any atom is -0.388 e. The molecule has 1 aromatic heterocycles. The van der Waals surface area contributed by atoms with Crippen LogP contribution in [0.25, 0.3) is 0 Å². The molecule has 1 aliphatic carbocycles. The predicted molar refractivity (Wildman–Crippen MR) is 77.0 cm³/mol. The second-order valence-electron chi connectivity index (χ2n) is 5.71. The Kier molecular flexibility index (Phi) is 4.95. The molecule has 1 fully saturated rings. The zero-order valence-corrected chi connectivity index (χ0v) is 11.9. The summed E-state index contributed by atoms with van der Waals surface area (Å²) in [5.41, 5.74) is -1.75. The zero-order chi connectivity index (χ0) is 15.3. The van der Waals surface area contributed by atoms with Gasteiger partial charge in [0.1, 0.15) is 0 Å². The molecule has 0 saturated heterocycles. The zero-order valence-electron chi connectivity index (χ0n) is 11.9. The largest absolute Gasteiger partial charge is 0.388 e. The molecule has 1 amide bonds. The molecule has 0 aromatic carbocycles. The van der Waals surface area contributed by atoms with E-state index in [0.717, 1.165) is 25.7 Å². The van der Waals surface area contributed by atoms with Crippen molar-refractivity contribution in [3.63, 3.8) is 0 Å². The van der Waals surface area contributed by atoms with Gasteiger partial charge in [0, 0.05) is 18.3 Å². The van der Waals surface area contributed by atoms with Crippen LogP contribution in [0.5, 0.6) is 0 Å². The van der Waals surface area contributed by atoms with E-state index >= 15 is 0 Å². The highest BCUT2D eigenvalue weighted by Crippen LogP contribution is 2.26. The lowest BCUT2D eigenvalue weighted by Gasteiger charge is -2.26. The van der Waals surface area contributed by atoms with Gasteiger partial charge in [0.05, 0.1) is 12.0 Å². The van der Waals surface area contributed by atoms with Gasteiger partial charge in [0.2, 0.25) is 5.91 Å². The fraction of sp³-hybridized carbons (Fsp3) is 0.643. The van der Waals surface area contributed by atoms with E-state index in [4.69, 9.17) is 0 Å². The van der Waals surface area contributed by atoms with E-state index in [2.05, 4.69) is 10.3 Å². The van der Waals surface area contributed by atoms with Gasteiger partial charge in [-0.1, -0.05) is 25.7 Å². The molecule has 1 saturated carbocycles. The lowest BCUT2D eigenvalue weighted by Crippen LogP contribution is -2.43. The Balaban J connectivity index is 1.89. The van der Waals surface area contributed by atoms with Gasteiger partial charge in [0.25, 0.3) is 5.56 Å². The molecule has 7 nitrogen and oxygen atoms in total. The summed E-state index contributed by atoms with van der Waals surface area (Å²) in [7, 11) is 0. The van der Waals surface area contributed by atoms with Crippen molar-refractivity contribution in [2.75, 3.05) is 6.54 Å². The summed E-state index contributed by atoms with van der Waals surface area (Å²) in [6.07, 6.45) is 5.45. The van der Waals surface area contributed by atoms with Gasteiger partial charge in [0.15, 0.2) is 0 Å². The number of aliphatic hydroxyl groups is 1. The fourth-order valence-electron chi connectivity index (χ4n) is 2.68. The molecule has 116 valence electrons. The summed E-state index contributed by atoms with van der Waals surface area (Å²) in [6, 6.07) is 1.18. The van der Waals surface area contributed by atoms with Gasteiger partial charge in [-0.3, -0.25) is 14.6 Å². The number of hydrogen-bond donors (Lipinski definition) is 4. The molecule has 0 atom stereocenters. The number of hydrogen-bond acceptors (Lipinski definition) is 4. The van der Waals surface area contributed by atoms with Crippen molar-refractivity contribution in [3.8, 4) is 0 Å². The number of rotatable bonds is 4. The van der Waals surface area contributed by atoms with Crippen LogP contribution in [-0.4, -0.2) is 33.1 Å². The van der Waals surface area contributed by atoms with Crippen LogP contribution in [0.2, 0.25) is 0 Å². The van der Waals surface area contributed by atoms with Crippen molar-refractivity contribution in [3.05, 3.63) is 32.6 Å². The maximum absolute atomic E-state index is 11.8. The van der Waals surface area contributed by atoms with E-state index in [1.807, 2.05) is 4.98 Å². The maximum atomic E-state index is 11.8. The van der Waals surface area contributed by atoms with Crippen molar-refractivity contribution < 1.29 is 9.90 Å². The summed E-state index contributed by atoms with van der Waals surface area (Å²) in [6.45, 7) is 0.208. The molecular formula is C14H21N3O4. The summed E-state index contributed by atoms with van der Waals surface area (Å²) >= 11 is 0. The van der Waals surface area contributed by atoms with Crippen LogP contribution in [-0.2, 0) is 11.2 Å². The summed E-state index contributed by atoms with van der Waals surface area (Å²) < 4.78 is 0. The summed E-state index contributed by atoms with van der Waals surface area (Å²) in [5.74, 6) is -0.325. The first-order valence-electron chi connectivity index (χ1n) is 7.28. The van der Waals surface area contributed by atoms with Crippen molar-refractivity contribution in [2.24, 2.45) is 0 Å². The normalized spacial score (nSPS) is 18.0. The van der Waals surface area contributed by atoms with Crippen LogP contribution in [0.4, 0.5) is 0 Å². The Labute approximate surface area is 121 Å². The minimum absolute atomic E-state index is 0.0881. The van der Waals surface area contributed by atoms with Crippen LogP contribution in [0.3, 0.4) is 0 Å². The maximum Gasteiger partial charge on any atom is 0.325 e. The van der Waals surface area contributed by atoms with Gasteiger partial charge < -0.3 is 15.4 Å². The predicted octanol–water partition coefficient (Wildman–Crippen LogP) is -0.193. The monoisotopic (exact) mass is 295 g/mol. The number of carbonyl (C=O) groups excluding carboxylic acids is 1. The van der Waals surface area contributed by atoms with Crippen LogP contribution in [0, 0.1) is 0 Å². The SMILES string of the molecule is O=C(Cc1cc(=O)[nH]c(=O)[nH]1)NCC1(O)CCCCCC1. The molecule has 1 aromatic rings. The molecule has 4 N–H and O–H groups in total. The highest BCUT2D eigenvalue weighted by molar-refractivity contribution is 5.78. The number of amides is 1. The molecule has 0 aliphatic heterocycles. The average molecular weight is 295 g/mol. The van der Waals surface area contributed by atoms with E-state index in [1.165, 1.54) is 6.07 Å². The Morgan fingerprint density at radius 2 is 1.86 bits per heavy atom. The number of carbonyl (C=O) groups is 1. The fourth-order valence-corrected chi connectivity index (χ4v) is 2.68. The molecule has 1 aliphatic rings. The van der Waals surface area contributed by atoms with Gasteiger partial charge in [-0.15, -0.1) is 0 Å². The van der Waals surface area contributed by atoms with Crippen LogP contribution >= 0.6 is 0 Å². The van der Waals surface area contributed by atoms with Crippen molar-refractivity contribution in [1.29, 1.82) is 0 Å². The smallest absolute Gasteiger partial charge is 0.325 e.